The zero-order valence-electron chi connectivity index (χ0n) is 10.1. The molecule has 0 saturated heterocycles. The SMILES string of the molecule is NC(=S)c1ccc(Br)cc1NC(=O)c1ccncc1Cl. The first-order chi connectivity index (χ1) is 9.49. The minimum atomic E-state index is -0.354. The first-order valence-corrected chi connectivity index (χ1v) is 7.07. The third-order valence-corrected chi connectivity index (χ3v) is 3.53. The Labute approximate surface area is 134 Å². The van der Waals surface area contributed by atoms with Gasteiger partial charge in [-0.15, -0.1) is 0 Å². The second-order valence-electron chi connectivity index (χ2n) is 3.86. The van der Waals surface area contributed by atoms with Gasteiger partial charge in [-0.3, -0.25) is 9.78 Å². The molecule has 7 heteroatoms. The van der Waals surface area contributed by atoms with E-state index >= 15 is 0 Å². The highest BCUT2D eigenvalue weighted by atomic mass is 79.9. The molecule has 0 bridgehead atoms. The number of carbonyl (C=O) groups excluding carboxylic acids is 1. The Morgan fingerprint density at radius 2 is 2.10 bits per heavy atom. The highest BCUT2D eigenvalue weighted by Gasteiger charge is 2.13. The van der Waals surface area contributed by atoms with Crippen molar-refractivity contribution in [2.24, 2.45) is 5.73 Å². The third kappa shape index (κ3) is 3.33. The van der Waals surface area contributed by atoms with Crippen LogP contribution in [-0.2, 0) is 0 Å². The zero-order valence-corrected chi connectivity index (χ0v) is 13.2. The van der Waals surface area contributed by atoms with Gasteiger partial charge in [0.1, 0.15) is 4.99 Å². The number of nitrogens with one attached hydrogen (secondary N) is 1. The molecule has 1 heterocycles. The maximum Gasteiger partial charge on any atom is 0.257 e. The lowest BCUT2D eigenvalue weighted by atomic mass is 10.1. The minimum Gasteiger partial charge on any atom is -0.389 e. The molecule has 2 aromatic rings. The van der Waals surface area contributed by atoms with Gasteiger partial charge in [0.15, 0.2) is 0 Å². The Morgan fingerprint density at radius 1 is 1.35 bits per heavy atom. The van der Waals surface area contributed by atoms with E-state index in [0.29, 0.717) is 16.8 Å². The van der Waals surface area contributed by atoms with Crippen LogP contribution in [0.2, 0.25) is 5.02 Å². The van der Waals surface area contributed by atoms with E-state index in [2.05, 4.69) is 26.2 Å². The molecule has 0 unspecified atom stereocenters. The molecule has 4 nitrogen and oxygen atoms in total. The number of halogens is 2. The van der Waals surface area contributed by atoms with Crippen molar-refractivity contribution >= 4 is 56.3 Å². The maximum atomic E-state index is 12.2. The molecule has 0 atom stereocenters. The standard InChI is InChI=1S/C13H9BrClN3OS/c14-7-1-2-9(12(16)20)11(5-7)18-13(19)8-3-4-17-6-10(8)15/h1-6H,(H2,16,20)(H,18,19). The largest absolute Gasteiger partial charge is 0.389 e. The molecule has 0 aliphatic heterocycles. The topological polar surface area (TPSA) is 68.0 Å². The second kappa shape index (κ2) is 6.30. The van der Waals surface area contributed by atoms with Gasteiger partial charge in [-0.25, -0.2) is 0 Å². The van der Waals surface area contributed by atoms with E-state index in [1.54, 1.807) is 18.2 Å². The molecule has 0 fully saturated rings. The summed E-state index contributed by atoms with van der Waals surface area (Å²) < 4.78 is 0.800. The fourth-order valence-corrected chi connectivity index (χ4v) is 2.33. The monoisotopic (exact) mass is 369 g/mol. The maximum absolute atomic E-state index is 12.2. The van der Waals surface area contributed by atoms with E-state index in [-0.39, 0.29) is 15.9 Å². The summed E-state index contributed by atoms with van der Waals surface area (Å²) in [7, 11) is 0. The molecule has 0 aliphatic rings. The molecule has 1 aromatic heterocycles. The van der Waals surface area contributed by atoms with Crippen molar-refractivity contribution in [1.82, 2.24) is 4.98 Å². The Hall–Kier alpha value is -1.50. The van der Waals surface area contributed by atoms with E-state index in [0.717, 1.165) is 4.47 Å². The van der Waals surface area contributed by atoms with Gasteiger partial charge >= 0.3 is 0 Å². The van der Waals surface area contributed by atoms with Crippen LogP contribution >= 0.6 is 39.7 Å². The van der Waals surface area contributed by atoms with Crippen LogP contribution in [0.25, 0.3) is 0 Å². The van der Waals surface area contributed by atoms with Crippen molar-refractivity contribution < 1.29 is 4.79 Å². The summed E-state index contributed by atoms with van der Waals surface area (Å²) in [6, 6.07) is 6.79. The molecule has 102 valence electrons. The number of nitrogens with two attached hydrogens (primary N) is 1. The van der Waals surface area contributed by atoms with Crippen LogP contribution in [-0.4, -0.2) is 15.9 Å². The van der Waals surface area contributed by atoms with Gasteiger partial charge in [0.05, 0.1) is 16.3 Å². The number of pyridine rings is 1. The van der Waals surface area contributed by atoms with Gasteiger partial charge in [-0.2, -0.15) is 0 Å². The number of anilines is 1. The van der Waals surface area contributed by atoms with Gasteiger partial charge in [0.2, 0.25) is 0 Å². The first kappa shape index (κ1) is 14.9. The summed E-state index contributed by atoms with van der Waals surface area (Å²) in [4.78, 5) is 16.2. The van der Waals surface area contributed by atoms with Crippen LogP contribution in [0.4, 0.5) is 5.69 Å². The molecule has 1 amide bonds. The predicted molar refractivity (Wildman–Crippen MR) is 87.2 cm³/mol. The number of amides is 1. The summed E-state index contributed by atoms with van der Waals surface area (Å²) in [5.41, 5.74) is 7.07. The number of hydrogen-bond acceptors (Lipinski definition) is 3. The lowest BCUT2D eigenvalue weighted by Crippen LogP contribution is -2.18. The third-order valence-electron chi connectivity index (χ3n) is 2.51. The number of thiocarbonyl (C=S) groups is 1. The van der Waals surface area contributed by atoms with Crippen molar-refractivity contribution in [3.8, 4) is 0 Å². The van der Waals surface area contributed by atoms with Crippen molar-refractivity contribution in [2.75, 3.05) is 5.32 Å². The highest BCUT2D eigenvalue weighted by Crippen LogP contribution is 2.23. The number of carbonyl (C=O) groups is 1. The smallest absolute Gasteiger partial charge is 0.257 e. The minimum absolute atomic E-state index is 0.202. The normalized spacial score (nSPS) is 10.1. The summed E-state index contributed by atoms with van der Waals surface area (Å²) >= 11 is 14.2. The van der Waals surface area contributed by atoms with E-state index in [4.69, 9.17) is 29.6 Å². The molecule has 0 radical (unpaired) electrons. The molecule has 0 saturated carbocycles. The van der Waals surface area contributed by atoms with E-state index in [1.165, 1.54) is 18.5 Å². The first-order valence-electron chi connectivity index (χ1n) is 5.49. The van der Waals surface area contributed by atoms with Crippen molar-refractivity contribution in [3.05, 3.63) is 57.3 Å². The van der Waals surface area contributed by atoms with E-state index in [9.17, 15) is 4.79 Å². The lowest BCUT2D eigenvalue weighted by Gasteiger charge is -2.11. The Morgan fingerprint density at radius 3 is 2.75 bits per heavy atom. The highest BCUT2D eigenvalue weighted by molar-refractivity contribution is 9.10. The second-order valence-corrected chi connectivity index (χ2v) is 5.63. The average molecular weight is 371 g/mol. The molecule has 0 spiro atoms. The number of nitrogens with zero attached hydrogens (tertiary/aromatic N) is 1. The molecule has 2 rings (SSSR count). The summed E-state index contributed by atoms with van der Waals surface area (Å²) in [6.45, 7) is 0. The van der Waals surface area contributed by atoms with Gasteiger partial charge in [-0.1, -0.05) is 39.7 Å². The van der Waals surface area contributed by atoms with Crippen LogP contribution in [0, 0.1) is 0 Å². The van der Waals surface area contributed by atoms with Gasteiger partial charge < -0.3 is 11.1 Å². The molecule has 3 N–H and O–H groups in total. The number of aromatic nitrogens is 1. The number of hydrogen-bond donors (Lipinski definition) is 2. The van der Waals surface area contributed by atoms with Crippen molar-refractivity contribution in [1.29, 1.82) is 0 Å². The summed E-state index contributed by atoms with van der Waals surface area (Å²) in [6.07, 6.45) is 2.90. The van der Waals surface area contributed by atoms with E-state index in [1.807, 2.05) is 0 Å². The predicted octanol–water partition coefficient (Wildman–Crippen LogP) is 3.38. The fraction of sp³-hybridized carbons (Fsp3) is 0. The van der Waals surface area contributed by atoms with Gasteiger partial charge in [0, 0.05) is 22.4 Å². The molecule has 0 aliphatic carbocycles. The average Bonchev–Trinajstić information content (AvgIpc) is 2.38. The Kier molecular flexibility index (Phi) is 4.69. The summed E-state index contributed by atoms with van der Waals surface area (Å²) in [5.74, 6) is -0.354. The van der Waals surface area contributed by atoms with Crippen LogP contribution in [0.15, 0.2) is 41.1 Å². The fourth-order valence-electron chi connectivity index (χ4n) is 1.58. The van der Waals surface area contributed by atoms with Crippen LogP contribution < -0.4 is 11.1 Å². The molecule has 20 heavy (non-hydrogen) atoms. The van der Waals surface area contributed by atoms with Gasteiger partial charge in [-0.05, 0) is 24.3 Å². The molecular formula is C13H9BrClN3OS. The Balaban J connectivity index is 2.35. The number of benzene rings is 1. The summed E-state index contributed by atoms with van der Waals surface area (Å²) in [5, 5.41) is 3.02. The van der Waals surface area contributed by atoms with Crippen molar-refractivity contribution in [2.45, 2.75) is 0 Å². The number of rotatable bonds is 3. The zero-order chi connectivity index (χ0) is 14.7. The van der Waals surface area contributed by atoms with Crippen LogP contribution in [0.1, 0.15) is 15.9 Å². The van der Waals surface area contributed by atoms with Gasteiger partial charge in [0.25, 0.3) is 5.91 Å². The molecular weight excluding hydrogens is 362 g/mol. The van der Waals surface area contributed by atoms with Crippen LogP contribution in [0.5, 0.6) is 0 Å². The Bertz CT molecular complexity index is 693. The van der Waals surface area contributed by atoms with Crippen LogP contribution in [0.3, 0.4) is 0 Å². The lowest BCUT2D eigenvalue weighted by molar-refractivity contribution is 0.102. The van der Waals surface area contributed by atoms with E-state index < -0.39 is 0 Å². The molecule has 1 aromatic carbocycles. The van der Waals surface area contributed by atoms with Crippen molar-refractivity contribution in [3.63, 3.8) is 0 Å². The quantitative estimate of drug-likeness (QED) is 0.813.